The summed E-state index contributed by atoms with van der Waals surface area (Å²) in [6, 6.07) is 21.0. The lowest BCUT2D eigenvalue weighted by atomic mass is 10.0. The van der Waals surface area contributed by atoms with E-state index in [9.17, 15) is 10.1 Å². The van der Waals surface area contributed by atoms with E-state index in [1.165, 1.54) is 0 Å². The van der Waals surface area contributed by atoms with Gasteiger partial charge in [0, 0.05) is 34.6 Å². The summed E-state index contributed by atoms with van der Waals surface area (Å²) in [7, 11) is 1.55. The normalized spacial score (nSPS) is 18.6. The SMILES string of the molecule is COc1ccc(C(=O)c2ccc(Cl)cc2)c(OC[C@@H]2CO[C@](Cn3ccnc3)(c3ccc(C#N)cc3)O2)c1. The third-order valence-electron chi connectivity index (χ3n) is 6.23. The second-order valence-corrected chi connectivity index (χ2v) is 9.17. The minimum Gasteiger partial charge on any atom is -0.497 e. The van der Waals surface area contributed by atoms with Crippen molar-refractivity contribution < 1.29 is 23.7 Å². The summed E-state index contributed by atoms with van der Waals surface area (Å²) >= 11 is 5.99. The first-order valence-corrected chi connectivity index (χ1v) is 12.3. The molecule has 38 heavy (non-hydrogen) atoms. The number of imidazole rings is 1. The molecule has 192 valence electrons. The number of rotatable bonds is 9. The molecular formula is C29H24ClN3O5. The monoisotopic (exact) mass is 529 g/mol. The number of halogens is 1. The van der Waals surface area contributed by atoms with Crippen LogP contribution in [0.5, 0.6) is 11.5 Å². The minimum atomic E-state index is -1.10. The first-order valence-electron chi connectivity index (χ1n) is 11.9. The number of hydrogen-bond acceptors (Lipinski definition) is 7. The van der Waals surface area contributed by atoms with Crippen molar-refractivity contribution in [2.24, 2.45) is 0 Å². The minimum absolute atomic E-state index is 0.135. The summed E-state index contributed by atoms with van der Waals surface area (Å²) in [5.74, 6) is -0.365. The molecule has 2 atom stereocenters. The molecule has 4 aromatic rings. The second-order valence-electron chi connectivity index (χ2n) is 8.74. The molecule has 0 aliphatic carbocycles. The Kier molecular flexibility index (Phi) is 7.43. The average molecular weight is 530 g/mol. The fourth-order valence-electron chi connectivity index (χ4n) is 4.27. The number of carbonyl (C=O) groups excluding carboxylic acids is 1. The Hall–Kier alpha value is -4.16. The van der Waals surface area contributed by atoms with Gasteiger partial charge in [-0.3, -0.25) is 4.79 Å². The van der Waals surface area contributed by atoms with Gasteiger partial charge >= 0.3 is 0 Å². The van der Waals surface area contributed by atoms with E-state index >= 15 is 0 Å². The molecule has 0 saturated carbocycles. The van der Waals surface area contributed by atoms with Gasteiger partial charge in [0.2, 0.25) is 5.79 Å². The van der Waals surface area contributed by atoms with Crippen molar-refractivity contribution in [1.29, 1.82) is 5.26 Å². The number of benzene rings is 3. The van der Waals surface area contributed by atoms with Crippen molar-refractivity contribution in [3.8, 4) is 17.6 Å². The molecule has 2 heterocycles. The first kappa shape index (κ1) is 25.5. The van der Waals surface area contributed by atoms with Gasteiger partial charge in [0.25, 0.3) is 0 Å². The zero-order valence-corrected chi connectivity index (χ0v) is 21.3. The van der Waals surface area contributed by atoms with Crippen LogP contribution in [0.1, 0.15) is 27.0 Å². The number of carbonyl (C=O) groups is 1. The summed E-state index contributed by atoms with van der Waals surface area (Å²) < 4.78 is 26.0. The fraction of sp³-hybridized carbons (Fsp3) is 0.207. The first-order chi connectivity index (χ1) is 18.5. The van der Waals surface area contributed by atoms with Crippen LogP contribution in [0, 0.1) is 11.3 Å². The summed E-state index contributed by atoms with van der Waals surface area (Å²) in [5, 5.41) is 9.74. The second kappa shape index (κ2) is 11.1. The van der Waals surface area contributed by atoms with Crippen LogP contribution in [-0.4, -0.2) is 41.8 Å². The van der Waals surface area contributed by atoms with Crippen molar-refractivity contribution in [1.82, 2.24) is 9.55 Å². The van der Waals surface area contributed by atoms with Gasteiger partial charge in [0.15, 0.2) is 5.78 Å². The van der Waals surface area contributed by atoms with E-state index in [-0.39, 0.29) is 19.0 Å². The Morgan fingerprint density at radius 3 is 2.66 bits per heavy atom. The maximum absolute atomic E-state index is 13.2. The highest BCUT2D eigenvalue weighted by Gasteiger charge is 2.44. The lowest BCUT2D eigenvalue weighted by Gasteiger charge is -2.29. The smallest absolute Gasteiger partial charge is 0.214 e. The van der Waals surface area contributed by atoms with Gasteiger partial charge in [-0.15, -0.1) is 0 Å². The van der Waals surface area contributed by atoms with Crippen molar-refractivity contribution in [2.75, 3.05) is 20.3 Å². The molecule has 1 fully saturated rings. The summed E-state index contributed by atoms with van der Waals surface area (Å²) in [6.45, 7) is 0.754. The molecule has 0 N–H and O–H groups in total. The Labute approximate surface area is 224 Å². The predicted octanol–water partition coefficient (Wildman–Crippen LogP) is 5.00. The van der Waals surface area contributed by atoms with Crippen LogP contribution in [-0.2, 0) is 21.8 Å². The van der Waals surface area contributed by atoms with Crippen LogP contribution >= 0.6 is 11.6 Å². The molecule has 1 aromatic heterocycles. The Morgan fingerprint density at radius 1 is 1.18 bits per heavy atom. The van der Waals surface area contributed by atoms with Crippen LogP contribution in [0.25, 0.3) is 0 Å². The highest BCUT2D eigenvalue weighted by molar-refractivity contribution is 6.30. The maximum Gasteiger partial charge on any atom is 0.214 e. The molecule has 1 aliphatic rings. The number of ketones is 1. The van der Waals surface area contributed by atoms with Gasteiger partial charge in [-0.2, -0.15) is 5.26 Å². The molecule has 3 aromatic carbocycles. The van der Waals surface area contributed by atoms with E-state index < -0.39 is 11.9 Å². The molecule has 1 saturated heterocycles. The van der Waals surface area contributed by atoms with Crippen LogP contribution in [0.2, 0.25) is 5.02 Å². The van der Waals surface area contributed by atoms with E-state index in [1.807, 2.05) is 22.9 Å². The van der Waals surface area contributed by atoms with Crippen LogP contribution in [0.3, 0.4) is 0 Å². The Balaban J connectivity index is 1.37. The largest absolute Gasteiger partial charge is 0.497 e. The number of methoxy groups -OCH3 is 1. The van der Waals surface area contributed by atoms with E-state index in [1.54, 1.807) is 74.2 Å². The number of nitrogens with zero attached hydrogens (tertiary/aromatic N) is 3. The number of nitriles is 1. The highest BCUT2D eigenvalue weighted by atomic mass is 35.5. The molecule has 0 unspecified atom stereocenters. The summed E-state index contributed by atoms with van der Waals surface area (Å²) in [6.07, 6.45) is 4.77. The van der Waals surface area contributed by atoms with Gasteiger partial charge < -0.3 is 23.5 Å². The van der Waals surface area contributed by atoms with E-state index in [0.29, 0.717) is 39.8 Å². The van der Waals surface area contributed by atoms with Gasteiger partial charge in [0.1, 0.15) is 24.2 Å². The van der Waals surface area contributed by atoms with Crippen LogP contribution in [0.15, 0.2) is 85.5 Å². The van der Waals surface area contributed by atoms with E-state index in [4.69, 9.17) is 30.5 Å². The average Bonchev–Trinajstić information content (AvgIpc) is 3.62. The molecule has 9 heteroatoms. The highest BCUT2D eigenvalue weighted by Crippen LogP contribution is 2.37. The lowest BCUT2D eigenvalue weighted by Crippen LogP contribution is -2.34. The third-order valence-corrected chi connectivity index (χ3v) is 6.48. The van der Waals surface area contributed by atoms with Gasteiger partial charge in [-0.25, -0.2) is 4.98 Å². The molecule has 0 spiro atoms. The van der Waals surface area contributed by atoms with Crippen LogP contribution in [0.4, 0.5) is 0 Å². The number of ether oxygens (including phenoxy) is 4. The van der Waals surface area contributed by atoms with E-state index in [2.05, 4.69) is 11.1 Å². The number of hydrogen-bond donors (Lipinski definition) is 0. The van der Waals surface area contributed by atoms with Crippen LogP contribution < -0.4 is 9.47 Å². The zero-order valence-electron chi connectivity index (χ0n) is 20.5. The molecule has 1 aliphatic heterocycles. The predicted molar refractivity (Wildman–Crippen MR) is 139 cm³/mol. The molecule has 0 bridgehead atoms. The Bertz CT molecular complexity index is 1450. The van der Waals surface area contributed by atoms with Crippen molar-refractivity contribution in [3.63, 3.8) is 0 Å². The molecule has 5 rings (SSSR count). The van der Waals surface area contributed by atoms with Crippen molar-refractivity contribution in [2.45, 2.75) is 18.4 Å². The number of aromatic nitrogens is 2. The summed E-state index contributed by atoms with van der Waals surface area (Å²) in [5.41, 5.74) is 2.20. The summed E-state index contributed by atoms with van der Waals surface area (Å²) in [4.78, 5) is 17.4. The standard InChI is InChI=1S/C29H24ClN3O5/c1-35-24-10-11-26(28(34)21-4-8-23(30)9-5-21)27(14-24)36-16-25-17-37-29(38-25,18-33-13-12-32-19-33)22-6-2-20(15-31)3-7-22/h2-14,19,25H,16-18H2,1H3/t25-,29+/m1/s1. The van der Waals surface area contributed by atoms with Gasteiger partial charge in [0.05, 0.1) is 43.8 Å². The van der Waals surface area contributed by atoms with Crippen molar-refractivity contribution in [3.05, 3.63) is 113 Å². The molecular weight excluding hydrogens is 506 g/mol. The zero-order chi connectivity index (χ0) is 26.5. The van der Waals surface area contributed by atoms with Gasteiger partial charge in [-0.1, -0.05) is 23.7 Å². The molecule has 0 radical (unpaired) electrons. The van der Waals surface area contributed by atoms with Crippen molar-refractivity contribution >= 4 is 17.4 Å². The lowest BCUT2D eigenvalue weighted by molar-refractivity contribution is -0.189. The molecule has 0 amide bonds. The fourth-order valence-corrected chi connectivity index (χ4v) is 4.39. The van der Waals surface area contributed by atoms with Gasteiger partial charge in [-0.05, 0) is 48.5 Å². The maximum atomic E-state index is 13.2. The molecule has 8 nitrogen and oxygen atoms in total. The third kappa shape index (κ3) is 5.41. The Morgan fingerprint density at radius 2 is 1.97 bits per heavy atom. The topological polar surface area (TPSA) is 95.6 Å². The van der Waals surface area contributed by atoms with E-state index in [0.717, 1.165) is 5.56 Å². The quantitative estimate of drug-likeness (QED) is 0.282.